The first kappa shape index (κ1) is 93.0. The number of nitrogens with one attached hydrogen (secondary N) is 5. The predicted octanol–water partition coefficient (Wildman–Crippen LogP) is 21.8. The molecule has 19 heteroatoms. The Kier molecular flexibility index (Phi) is 37.7. The molecule has 1 heterocycles. The Bertz CT molecular complexity index is 5800. The molecule has 13 rings (SSSR count). The summed E-state index contributed by atoms with van der Waals surface area (Å²) in [5.41, 5.74) is 20.6. The van der Waals surface area contributed by atoms with Crippen molar-refractivity contribution < 1.29 is 67.3 Å². The van der Waals surface area contributed by atoms with Gasteiger partial charge in [0.1, 0.15) is 39.9 Å². The number of carbonyl (C=O) groups excluding carboxylic acids is 6. The van der Waals surface area contributed by atoms with Gasteiger partial charge < -0.3 is 44.1 Å². The van der Waals surface area contributed by atoms with Gasteiger partial charge in [0, 0.05) is 73.4 Å². The molecule has 1 aromatic heterocycles. The lowest BCUT2D eigenvalue weighted by atomic mass is 9.96. The number of amides is 5. The Morgan fingerprint density at radius 2 is 0.629 bits per heavy atom. The lowest BCUT2D eigenvalue weighted by molar-refractivity contribution is -0.124. The number of ether oxygens (including phenoxy) is 5. The number of carbonyl (C=O) groups is 6. The van der Waals surface area contributed by atoms with Crippen LogP contribution in [0.2, 0.25) is 0 Å². The minimum absolute atomic E-state index is 0.0440. The van der Waals surface area contributed by atoms with Crippen LogP contribution in [-0.4, -0.2) is 101 Å². The van der Waals surface area contributed by atoms with Crippen LogP contribution in [0.4, 0.5) is 0 Å². The number of hydroxylamine groups is 2. The molecule has 0 fully saturated rings. The highest BCUT2D eigenvalue weighted by molar-refractivity contribution is 6.09. The highest BCUT2D eigenvalue weighted by Gasteiger charge is 2.16. The van der Waals surface area contributed by atoms with Gasteiger partial charge in [0.25, 0.3) is 11.8 Å². The molecule has 0 unspecified atom stereocenters. The minimum Gasteiger partial charge on any atom is -0.497 e. The summed E-state index contributed by atoms with van der Waals surface area (Å²) >= 11 is 0. The summed E-state index contributed by atoms with van der Waals surface area (Å²) in [7, 11) is 8.05. The number of unbranched alkanes of at least 4 members (excludes halogenated alkanes) is 3. The van der Waals surface area contributed by atoms with Gasteiger partial charge in [-0.25, -0.2) is 11.0 Å². The molecular weight excluding hydrogens is 1560 g/mol. The summed E-state index contributed by atoms with van der Waals surface area (Å²) in [4.78, 5) is 69.6. The van der Waals surface area contributed by atoms with E-state index < -0.39 is 11.8 Å². The number of para-hydroxylation sites is 1. The van der Waals surface area contributed by atoms with Gasteiger partial charge in [-0.15, -0.1) is 0 Å². The van der Waals surface area contributed by atoms with Gasteiger partial charge in [0.2, 0.25) is 17.7 Å². The summed E-state index contributed by atoms with van der Waals surface area (Å²) < 4.78 is 34.0. The van der Waals surface area contributed by atoms with Crippen LogP contribution >= 0.6 is 0 Å². The lowest BCUT2D eigenvalue weighted by Gasteiger charge is -2.11. The van der Waals surface area contributed by atoms with Crippen molar-refractivity contribution in [2.45, 2.75) is 59.3 Å². The number of likely N-dealkylation sites (N-methyl/N-ethyl adjacent to an activating group) is 3. The van der Waals surface area contributed by atoms with Crippen LogP contribution in [0.15, 0.2) is 314 Å². The average Bonchev–Trinajstić information content (AvgIpc) is 1.63. The first-order valence-corrected chi connectivity index (χ1v) is 40.9. The molecule has 124 heavy (non-hydrogen) atoms. The van der Waals surface area contributed by atoms with Crippen molar-refractivity contribution >= 4 is 87.6 Å². The molecule has 7 N–H and O–H groups in total. The van der Waals surface area contributed by atoms with Crippen molar-refractivity contribution in [2.24, 2.45) is 0 Å². The van der Waals surface area contributed by atoms with Crippen LogP contribution in [0, 0.1) is 0 Å². The Morgan fingerprint density at radius 1 is 0.306 bits per heavy atom. The molecule has 0 radical (unpaired) electrons. The molecule has 0 aliphatic heterocycles. The Morgan fingerprint density at radius 3 is 1.02 bits per heavy atom. The van der Waals surface area contributed by atoms with Gasteiger partial charge in [0.15, 0.2) is 5.78 Å². The molecule has 12 aromatic carbocycles. The summed E-state index contributed by atoms with van der Waals surface area (Å²) in [5.74, 6) is 2.33. The van der Waals surface area contributed by atoms with E-state index in [-0.39, 0.29) is 23.5 Å². The van der Waals surface area contributed by atoms with Gasteiger partial charge in [0.05, 0.1) is 34.0 Å². The molecule has 19 nitrogen and oxygen atoms in total. The standard InChI is InChI=1S/C23H19NO4.C22H17NO4.C21H25NO2.C20H23NO2.C19H21NO2/c1-28-20-13-11-17(12-14-22(25)24-27)21(15-20)16-7-9-19(10-8-16)23(26)18-5-3-2-4-6-18;1-26-16-9-6-14(8-11-22(24)23-25)19(13-16)15-7-10-18-17-4-2-3-5-20(17)27-21(18)12-15;1-3-4-8-15-24-19-13-11-18(12-14-21(23)22-2)20(16-19)17-9-6-5-7-10-17;1-3-4-14-23-18-12-10-17(11-13-20(22)21-2)19(15-18)16-8-6-5-7-9-16;1-3-13-22-17-11-9-16(10-12-19(21)20-2)18(14-17)15-7-5-4-6-8-15/h2-15,27H,1H3,(H,24,25);2-13,25H,1H3,(H,23,24);5-7,9-14,16H,3-4,8,15H2,1-2H3,(H,22,23);5-13,15H,3-4,14H2,1-2H3,(H,21,22);4-12,14H,3,13H2,1-2H3,(H,20,21)/b14-12+;11-8+;14-12+;13-11+;12-10+. The number of ketones is 1. The van der Waals surface area contributed by atoms with E-state index in [1.54, 1.807) is 101 Å². The van der Waals surface area contributed by atoms with E-state index >= 15 is 0 Å². The molecule has 0 saturated carbocycles. The van der Waals surface area contributed by atoms with Crippen molar-refractivity contribution in [1.29, 1.82) is 0 Å². The Hall–Kier alpha value is -14.9. The van der Waals surface area contributed by atoms with E-state index in [4.69, 9.17) is 38.5 Å². The Labute approximate surface area is 725 Å². The van der Waals surface area contributed by atoms with Crippen LogP contribution in [0.5, 0.6) is 28.7 Å². The van der Waals surface area contributed by atoms with Gasteiger partial charge in [-0.1, -0.05) is 240 Å². The maximum absolute atomic E-state index is 12.6. The van der Waals surface area contributed by atoms with E-state index in [2.05, 4.69) is 73.1 Å². The largest absolute Gasteiger partial charge is 0.497 e. The van der Waals surface area contributed by atoms with Crippen molar-refractivity contribution in [2.75, 3.05) is 55.2 Å². The maximum atomic E-state index is 12.6. The zero-order chi connectivity index (χ0) is 88.2. The SMILES string of the molecule is CCCCCOc1ccc(/C=C/C(=O)NC)c(-c2ccccc2)c1.CCCCOc1ccc(/C=C/C(=O)NC)c(-c2ccccc2)c1.CCCOc1ccc(/C=C/C(=O)NC)c(-c2ccccc2)c1.COc1ccc(/C=C/C(=O)NO)c(-c2ccc(C(=O)c3ccccc3)cc2)c1.COc1ccc(/C=C/C(=O)NO)c(-c2ccc3c(c2)oc2ccccc23)c1. The second kappa shape index (κ2) is 50.2. The van der Waals surface area contributed by atoms with E-state index in [9.17, 15) is 28.8 Å². The maximum Gasteiger partial charge on any atom is 0.267 e. The number of rotatable bonds is 31. The summed E-state index contributed by atoms with van der Waals surface area (Å²) in [5, 5.41) is 27.2. The lowest BCUT2D eigenvalue weighted by Crippen LogP contribution is -2.14. The molecule has 0 spiro atoms. The van der Waals surface area contributed by atoms with Crippen LogP contribution < -0.4 is 50.6 Å². The van der Waals surface area contributed by atoms with E-state index in [0.29, 0.717) is 29.2 Å². The third-order valence-corrected chi connectivity index (χ3v) is 19.3. The molecule has 0 atom stereocenters. The third-order valence-electron chi connectivity index (χ3n) is 19.3. The summed E-state index contributed by atoms with van der Waals surface area (Å²) in [6.45, 7) is 8.56. The van der Waals surface area contributed by atoms with Gasteiger partial charge >= 0.3 is 0 Å². The van der Waals surface area contributed by atoms with Crippen molar-refractivity contribution in [3.8, 4) is 84.4 Å². The normalized spacial score (nSPS) is 10.8. The first-order chi connectivity index (χ1) is 60.5. The number of fused-ring (bicyclic) bond motifs is 3. The Balaban J connectivity index is 0.000000176. The van der Waals surface area contributed by atoms with Crippen LogP contribution in [-0.2, 0) is 24.0 Å². The molecule has 0 bridgehead atoms. The zero-order valence-corrected chi connectivity index (χ0v) is 71.0. The first-order valence-electron chi connectivity index (χ1n) is 40.9. The van der Waals surface area contributed by atoms with Crippen LogP contribution in [0.1, 0.15) is 103 Å². The zero-order valence-electron chi connectivity index (χ0n) is 71.0. The molecule has 0 aliphatic carbocycles. The fourth-order valence-corrected chi connectivity index (χ4v) is 12.7. The van der Waals surface area contributed by atoms with Crippen molar-refractivity contribution in [3.05, 3.63) is 348 Å². The van der Waals surface area contributed by atoms with Gasteiger partial charge in [-0.05, 0) is 212 Å². The molecule has 0 aliphatic rings. The number of furan rings is 1. The molecule has 634 valence electrons. The molecular formula is C105H105N5O14. The topological polar surface area (TPSA) is 262 Å². The highest BCUT2D eigenvalue weighted by Crippen LogP contribution is 2.38. The van der Waals surface area contributed by atoms with Gasteiger partial charge in [-0.3, -0.25) is 39.2 Å². The molecule has 5 amide bonds. The third kappa shape index (κ3) is 28.4. The molecule has 0 saturated heterocycles. The van der Waals surface area contributed by atoms with E-state index in [1.807, 2.05) is 231 Å². The van der Waals surface area contributed by atoms with Crippen LogP contribution in [0.25, 0.3) is 108 Å². The van der Waals surface area contributed by atoms with Crippen LogP contribution in [0.3, 0.4) is 0 Å². The smallest absolute Gasteiger partial charge is 0.267 e. The second-order valence-electron chi connectivity index (χ2n) is 27.9. The fourth-order valence-electron chi connectivity index (χ4n) is 12.7. The highest BCUT2D eigenvalue weighted by atomic mass is 16.5. The van der Waals surface area contributed by atoms with Crippen molar-refractivity contribution in [1.82, 2.24) is 26.9 Å². The van der Waals surface area contributed by atoms with Crippen molar-refractivity contribution in [3.63, 3.8) is 0 Å². The quantitative estimate of drug-likeness (QED) is 0.00701. The van der Waals surface area contributed by atoms with E-state index in [0.717, 1.165) is 162 Å². The summed E-state index contributed by atoms with van der Waals surface area (Å²) in [6.07, 6.45) is 22.4. The number of hydrogen-bond donors (Lipinski definition) is 7. The minimum atomic E-state index is -0.620. The summed E-state index contributed by atoms with van der Waals surface area (Å²) in [6, 6.07) is 89.6. The fraction of sp³-hybridized carbons (Fsp3) is 0.162. The van der Waals surface area contributed by atoms with Gasteiger partial charge in [-0.2, -0.15) is 0 Å². The molecule has 13 aromatic rings. The number of benzene rings is 12. The predicted molar refractivity (Wildman–Crippen MR) is 498 cm³/mol. The monoisotopic (exact) mass is 1660 g/mol. The number of methoxy groups -OCH3 is 2. The van der Waals surface area contributed by atoms with E-state index in [1.165, 1.54) is 31.1 Å². The second-order valence-corrected chi connectivity index (χ2v) is 27.9. The number of hydrogen-bond acceptors (Lipinski definition) is 14. The average molecular weight is 1660 g/mol.